The molecule has 3 aromatic carbocycles. The third-order valence-corrected chi connectivity index (χ3v) is 9.77. The summed E-state index contributed by atoms with van der Waals surface area (Å²) in [6, 6.07) is 13.7. The van der Waals surface area contributed by atoms with Crippen LogP contribution in [0.4, 0.5) is 23.2 Å². The second-order valence-electron chi connectivity index (χ2n) is 11.6. The summed E-state index contributed by atoms with van der Waals surface area (Å²) in [7, 11) is -0.938. The van der Waals surface area contributed by atoms with Gasteiger partial charge in [-0.1, -0.05) is 12.1 Å². The van der Waals surface area contributed by atoms with E-state index in [1.54, 1.807) is 6.07 Å². The Hall–Kier alpha value is -4.85. The van der Waals surface area contributed by atoms with Gasteiger partial charge in [-0.15, -0.1) is 0 Å². The average molecular weight is 671 g/mol. The molecule has 3 heterocycles. The van der Waals surface area contributed by atoms with Crippen molar-refractivity contribution in [2.75, 3.05) is 37.7 Å². The van der Waals surface area contributed by atoms with E-state index in [0.29, 0.717) is 35.9 Å². The van der Waals surface area contributed by atoms with Gasteiger partial charge in [0, 0.05) is 55.5 Å². The highest BCUT2D eigenvalue weighted by Crippen LogP contribution is 2.42. The maximum Gasteiger partial charge on any atom is 0.418 e. The van der Waals surface area contributed by atoms with E-state index < -0.39 is 45.3 Å². The summed E-state index contributed by atoms with van der Waals surface area (Å²) in [6.07, 6.45) is -2.48. The van der Waals surface area contributed by atoms with Crippen LogP contribution in [0.25, 0.3) is 33.2 Å². The molecular formula is C33H30F4N4O5S. The fourth-order valence-corrected chi connectivity index (χ4v) is 6.69. The van der Waals surface area contributed by atoms with Gasteiger partial charge in [0.1, 0.15) is 22.9 Å². The molecule has 0 aliphatic carbocycles. The minimum Gasteiger partial charge on any atom is -0.455 e. The number of fused-ring (bicyclic) bond motifs is 2. The van der Waals surface area contributed by atoms with Gasteiger partial charge < -0.3 is 19.6 Å². The summed E-state index contributed by atoms with van der Waals surface area (Å²) in [5, 5.41) is 3.24. The lowest BCUT2D eigenvalue weighted by atomic mass is 9.88. The Labute approximate surface area is 267 Å². The van der Waals surface area contributed by atoms with Crippen LogP contribution in [0.1, 0.15) is 50.7 Å². The van der Waals surface area contributed by atoms with Crippen LogP contribution in [-0.2, 0) is 16.2 Å². The third-order valence-electron chi connectivity index (χ3n) is 8.57. The lowest BCUT2D eigenvalue weighted by Crippen LogP contribution is -2.39. The van der Waals surface area contributed by atoms with Gasteiger partial charge in [-0.3, -0.25) is 13.9 Å². The zero-order valence-electron chi connectivity index (χ0n) is 25.5. The normalized spacial score (nSPS) is 15.7. The number of hydrogen-bond acceptors (Lipinski definition) is 5. The van der Waals surface area contributed by atoms with Gasteiger partial charge in [-0.25, -0.2) is 12.8 Å². The van der Waals surface area contributed by atoms with Crippen molar-refractivity contribution in [1.82, 2.24) is 15.2 Å². The summed E-state index contributed by atoms with van der Waals surface area (Å²) in [5.41, 5.74) is 0.588. The molecule has 1 atom stereocenters. The van der Waals surface area contributed by atoms with Crippen LogP contribution >= 0.6 is 0 Å². The van der Waals surface area contributed by atoms with Gasteiger partial charge in [0.25, 0.3) is 11.8 Å². The van der Waals surface area contributed by atoms with Gasteiger partial charge >= 0.3 is 6.18 Å². The molecular weight excluding hydrogens is 640 g/mol. The molecule has 0 saturated carbocycles. The average Bonchev–Trinajstić information content (AvgIpc) is 3.64. The molecule has 0 unspecified atom stereocenters. The van der Waals surface area contributed by atoms with Crippen molar-refractivity contribution in [2.24, 2.45) is 0 Å². The number of aromatic amines is 1. The first-order valence-electron chi connectivity index (χ1n) is 14.7. The summed E-state index contributed by atoms with van der Waals surface area (Å²) in [6.45, 7) is 0.467. The van der Waals surface area contributed by atoms with Gasteiger partial charge in [0.05, 0.1) is 28.6 Å². The number of alkyl halides is 3. The van der Waals surface area contributed by atoms with Crippen LogP contribution in [0.3, 0.4) is 0 Å². The number of para-hydroxylation sites is 1. The van der Waals surface area contributed by atoms with Crippen molar-refractivity contribution in [3.63, 3.8) is 0 Å². The topological polar surface area (TPSA) is 116 Å². The molecule has 9 nitrogen and oxygen atoms in total. The van der Waals surface area contributed by atoms with Crippen molar-refractivity contribution < 1.29 is 40.0 Å². The molecule has 246 valence electrons. The Bertz CT molecular complexity index is 2140. The zero-order chi connectivity index (χ0) is 33.8. The molecule has 14 heteroatoms. The number of nitrogens with one attached hydrogen (secondary N) is 2. The third kappa shape index (κ3) is 5.93. The quantitative estimate of drug-likeness (QED) is 0.200. The van der Waals surface area contributed by atoms with E-state index >= 15 is 0 Å². The largest absolute Gasteiger partial charge is 0.455 e. The number of carbonyl (C=O) groups is 2. The Morgan fingerprint density at radius 3 is 2.47 bits per heavy atom. The Kier molecular flexibility index (Phi) is 8.02. The number of carbonyl (C=O) groups excluding carboxylic acids is 2. The minimum atomic E-state index is -4.61. The number of amides is 2. The van der Waals surface area contributed by atoms with Crippen LogP contribution < -0.4 is 9.62 Å². The molecule has 1 saturated heterocycles. The smallest absolute Gasteiger partial charge is 0.418 e. The molecule has 1 fully saturated rings. The van der Waals surface area contributed by atoms with Crippen LogP contribution in [0, 0.1) is 5.82 Å². The number of nitrogens with zero attached hydrogens (tertiary/aromatic N) is 2. The number of furan rings is 1. The molecule has 1 aliphatic heterocycles. The zero-order valence-corrected chi connectivity index (χ0v) is 26.4. The second-order valence-corrected chi connectivity index (χ2v) is 13.6. The summed E-state index contributed by atoms with van der Waals surface area (Å²) >= 11 is 0. The minimum absolute atomic E-state index is 0.00181. The van der Waals surface area contributed by atoms with Gasteiger partial charge in [0.15, 0.2) is 0 Å². The number of aromatic nitrogens is 1. The van der Waals surface area contributed by atoms with Crippen LogP contribution in [-0.4, -0.2) is 63.6 Å². The fourth-order valence-electron chi connectivity index (χ4n) is 6.18. The van der Waals surface area contributed by atoms with Crippen molar-refractivity contribution >= 4 is 49.4 Å². The fraction of sp³-hybridized carbons (Fsp3) is 0.273. The maximum atomic E-state index is 13.7. The summed E-state index contributed by atoms with van der Waals surface area (Å²) in [5.74, 6) is -1.69. The molecule has 0 spiro atoms. The standard InChI is InChI=1S/C33H30F4N4O5S/c1-38-31(42)28-23-15-22(26(40(2)47(3,44)45)16-27(23)46-30(28)18-9-11-21(34)12-10-18)20-7-5-13-41(17-20)32(43)25-14-19-6-4-8-24(29(19)39-25)33(35,36)37/h4,6,8-12,14-16,20,39H,5,7,13,17H2,1-3H3,(H,38,42)/t20-/m0/s1. The van der Waals surface area contributed by atoms with Crippen molar-refractivity contribution in [1.29, 1.82) is 0 Å². The first-order chi connectivity index (χ1) is 22.2. The summed E-state index contributed by atoms with van der Waals surface area (Å²) in [4.78, 5) is 31.1. The second kappa shape index (κ2) is 11.7. The van der Waals surface area contributed by atoms with E-state index in [1.165, 1.54) is 67.5 Å². The van der Waals surface area contributed by atoms with Crippen LogP contribution in [0.15, 0.2) is 65.1 Å². The molecule has 2 N–H and O–H groups in total. The first kappa shape index (κ1) is 32.1. The van der Waals surface area contributed by atoms with E-state index in [1.807, 2.05) is 0 Å². The monoisotopic (exact) mass is 670 g/mol. The molecule has 5 aromatic rings. The molecule has 47 heavy (non-hydrogen) atoms. The summed E-state index contributed by atoms with van der Waals surface area (Å²) < 4.78 is 87.3. The molecule has 0 bridgehead atoms. The first-order valence-corrected chi connectivity index (χ1v) is 16.5. The number of piperidine rings is 1. The van der Waals surface area contributed by atoms with Gasteiger partial charge in [-0.05, 0) is 60.9 Å². The SMILES string of the molecule is CNC(=O)c1c(-c2ccc(F)cc2)oc2cc(N(C)S(C)(=O)=O)c([C@H]3CCCN(C(=O)c4cc5cccc(C(F)(F)F)c5[nH]4)C3)cc12. The highest BCUT2D eigenvalue weighted by molar-refractivity contribution is 7.92. The van der Waals surface area contributed by atoms with E-state index in [-0.39, 0.29) is 45.7 Å². The molecule has 0 radical (unpaired) electrons. The van der Waals surface area contributed by atoms with Gasteiger partial charge in [-0.2, -0.15) is 13.2 Å². The number of likely N-dealkylation sites (tertiary alicyclic amines) is 1. The number of hydrogen-bond donors (Lipinski definition) is 2. The van der Waals surface area contributed by atoms with Crippen molar-refractivity contribution in [3.8, 4) is 11.3 Å². The van der Waals surface area contributed by atoms with Crippen molar-refractivity contribution in [2.45, 2.75) is 24.9 Å². The maximum absolute atomic E-state index is 13.7. The van der Waals surface area contributed by atoms with E-state index in [2.05, 4.69) is 10.3 Å². The Balaban J connectivity index is 1.44. The number of rotatable bonds is 6. The predicted molar refractivity (Wildman–Crippen MR) is 169 cm³/mol. The highest BCUT2D eigenvalue weighted by atomic mass is 32.2. The Morgan fingerprint density at radius 2 is 1.81 bits per heavy atom. The Morgan fingerprint density at radius 1 is 1.09 bits per heavy atom. The lowest BCUT2D eigenvalue weighted by molar-refractivity contribution is -0.136. The number of anilines is 1. The molecule has 2 amide bonds. The van der Waals surface area contributed by atoms with E-state index in [0.717, 1.165) is 16.6 Å². The lowest BCUT2D eigenvalue weighted by Gasteiger charge is -2.34. The number of sulfonamides is 1. The van der Waals surface area contributed by atoms with Crippen molar-refractivity contribution in [3.05, 3.63) is 88.9 Å². The molecule has 2 aromatic heterocycles. The molecule has 1 aliphatic rings. The highest BCUT2D eigenvalue weighted by Gasteiger charge is 2.35. The number of benzene rings is 3. The van der Waals surface area contributed by atoms with Crippen LogP contribution in [0.2, 0.25) is 0 Å². The van der Waals surface area contributed by atoms with E-state index in [4.69, 9.17) is 4.42 Å². The number of halogens is 4. The number of H-pyrrole nitrogens is 1. The van der Waals surface area contributed by atoms with Crippen LogP contribution in [0.5, 0.6) is 0 Å². The predicted octanol–water partition coefficient (Wildman–Crippen LogP) is 6.51. The molecule has 6 rings (SSSR count). The van der Waals surface area contributed by atoms with Gasteiger partial charge in [0.2, 0.25) is 10.0 Å². The van der Waals surface area contributed by atoms with E-state index in [9.17, 15) is 35.6 Å².